The lowest BCUT2D eigenvalue weighted by Gasteiger charge is -2.47. The second-order valence-corrected chi connectivity index (χ2v) is 10.9. The fourth-order valence-corrected chi connectivity index (χ4v) is 7.08. The van der Waals surface area contributed by atoms with Crippen molar-refractivity contribution in [1.29, 1.82) is 0 Å². The van der Waals surface area contributed by atoms with E-state index in [4.69, 9.17) is 4.74 Å². The van der Waals surface area contributed by atoms with Crippen LogP contribution in [0.2, 0.25) is 0 Å². The van der Waals surface area contributed by atoms with E-state index < -0.39 is 0 Å². The summed E-state index contributed by atoms with van der Waals surface area (Å²) in [6.07, 6.45) is 3.42. The number of aromatic nitrogens is 1. The summed E-state index contributed by atoms with van der Waals surface area (Å²) >= 11 is 1.85. The normalized spacial score (nSPS) is 19.7. The molecule has 4 heterocycles. The first-order chi connectivity index (χ1) is 18.7. The lowest BCUT2D eigenvalue weighted by atomic mass is 9.93. The van der Waals surface area contributed by atoms with Gasteiger partial charge in [-0.05, 0) is 41.2 Å². The topological polar surface area (TPSA) is 54.8 Å². The largest absolute Gasteiger partial charge is 0.482 e. The molecule has 4 aromatic rings. The van der Waals surface area contributed by atoms with Gasteiger partial charge in [0.15, 0.2) is 11.4 Å². The van der Waals surface area contributed by atoms with Gasteiger partial charge in [-0.1, -0.05) is 72.8 Å². The van der Waals surface area contributed by atoms with Crippen LogP contribution in [0.4, 0.5) is 0 Å². The Morgan fingerprint density at radius 3 is 2.50 bits per heavy atom. The zero-order valence-corrected chi connectivity index (χ0v) is 21.6. The third-order valence-corrected chi connectivity index (χ3v) is 8.85. The number of benzene rings is 3. The molecule has 7 heteroatoms. The molecule has 2 unspecified atom stereocenters. The van der Waals surface area contributed by atoms with Crippen LogP contribution in [-0.2, 0) is 12.4 Å². The summed E-state index contributed by atoms with van der Waals surface area (Å²) in [7, 11) is 0. The molecule has 7 rings (SSSR count). The zero-order valence-electron chi connectivity index (χ0n) is 20.8. The van der Waals surface area contributed by atoms with Crippen LogP contribution >= 0.6 is 11.8 Å². The molecule has 1 amide bonds. The molecule has 38 heavy (non-hydrogen) atoms. The highest BCUT2D eigenvalue weighted by Crippen LogP contribution is 2.45. The lowest BCUT2D eigenvalue weighted by molar-refractivity contribution is 0.0630. The summed E-state index contributed by atoms with van der Waals surface area (Å²) in [5.74, 6) is 0.850. The Kier molecular flexibility index (Phi) is 5.73. The number of amides is 1. The predicted octanol–water partition coefficient (Wildman–Crippen LogP) is 5.34. The summed E-state index contributed by atoms with van der Waals surface area (Å²) in [5.41, 5.74) is 4.68. The van der Waals surface area contributed by atoms with Gasteiger partial charge < -0.3 is 9.64 Å². The minimum absolute atomic E-state index is 0.112. The van der Waals surface area contributed by atoms with E-state index in [-0.39, 0.29) is 35.9 Å². The van der Waals surface area contributed by atoms with Gasteiger partial charge in [0, 0.05) is 29.5 Å². The molecule has 0 spiro atoms. The van der Waals surface area contributed by atoms with Crippen molar-refractivity contribution in [3.63, 3.8) is 0 Å². The molecule has 0 bridgehead atoms. The predicted molar refractivity (Wildman–Crippen MR) is 148 cm³/mol. The van der Waals surface area contributed by atoms with E-state index >= 15 is 0 Å². The molecule has 190 valence electrons. The number of pyridine rings is 1. The zero-order chi connectivity index (χ0) is 25.6. The van der Waals surface area contributed by atoms with Crippen molar-refractivity contribution in [3.8, 4) is 5.75 Å². The Balaban J connectivity index is 1.43. The van der Waals surface area contributed by atoms with E-state index in [2.05, 4.69) is 53.5 Å². The molecular weight excluding hydrogens is 494 g/mol. The Bertz CT molecular complexity index is 1540. The van der Waals surface area contributed by atoms with Gasteiger partial charge in [-0.3, -0.25) is 19.3 Å². The van der Waals surface area contributed by atoms with Gasteiger partial charge in [0.1, 0.15) is 12.8 Å². The van der Waals surface area contributed by atoms with Gasteiger partial charge in [-0.15, -0.1) is 11.8 Å². The fraction of sp³-hybridized carbons (Fsp3) is 0.226. The van der Waals surface area contributed by atoms with Crippen LogP contribution in [0.1, 0.15) is 51.6 Å². The van der Waals surface area contributed by atoms with Crippen molar-refractivity contribution < 1.29 is 9.53 Å². The van der Waals surface area contributed by atoms with Crippen LogP contribution < -0.4 is 15.2 Å². The summed E-state index contributed by atoms with van der Waals surface area (Å²) in [4.78, 5) is 30.2. The third kappa shape index (κ3) is 3.72. The van der Waals surface area contributed by atoms with Crippen LogP contribution in [0, 0.1) is 0 Å². The number of rotatable bonds is 4. The second kappa shape index (κ2) is 9.40. The highest BCUT2D eigenvalue weighted by atomic mass is 32.2. The maximum Gasteiger partial charge on any atom is 0.278 e. The maximum absolute atomic E-state index is 13.9. The maximum atomic E-state index is 13.9. The van der Waals surface area contributed by atoms with Crippen molar-refractivity contribution in [2.24, 2.45) is 0 Å². The molecule has 1 aromatic heterocycles. The first kappa shape index (κ1) is 23.2. The monoisotopic (exact) mass is 521 g/mol. The van der Waals surface area contributed by atoms with Gasteiger partial charge in [-0.25, -0.2) is 0 Å². The Labute approximate surface area is 225 Å². The van der Waals surface area contributed by atoms with Crippen LogP contribution in [0.15, 0.2) is 101 Å². The Hall–Kier alpha value is -3.97. The van der Waals surface area contributed by atoms with Gasteiger partial charge in [0.05, 0.1) is 6.04 Å². The van der Waals surface area contributed by atoms with Crippen LogP contribution in [-0.4, -0.2) is 28.2 Å². The number of hydrogen-bond acceptors (Lipinski definition) is 5. The quantitative estimate of drug-likeness (QED) is 0.363. The molecule has 3 aromatic carbocycles. The average molecular weight is 522 g/mol. The molecule has 2 atom stereocenters. The van der Waals surface area contributed by atoms with Crippen molar-refractivity contribution in [1.82, 2.24) is 9.58 Å². The van der Waals surface area contributed by atoms with Crippen LogP contribution in [0.25, 0.3) is 0 Å². The van der Waals surface area contributed by atoms with E-state index in [0.29, 0.717) is 12.2 Å². The van der Waals surface area contributed by atoms with Gasteiger partial charge in [0.25, 0.3) is 5.91 Å². The first-order valence-corrected chi connectivity index (χ1v) is 14.0. The number of carbonyl (C=O) groups is 1. The molecule has 1 fully saturated rings. The molecule has 3 aliphatic heterocycles. The minimum Gasteiger partial charge on any atom is -0.482 e. The van der Waals surface area contributed by atoms with Crippen molar-refractivity contribution >= 4 is 17.7 Å². The summed E-state index contributed by atoms with van der Waals surface area (Å²) in [5, 5.41) is 2.31. The van der Waals surface area contributed by atoms with Crippen LogP contribution in [0.3, 0.4) is 0 Å². The Morgan fingerprint density at radius 1 is 0.868 bits per heavy atom. The van der Waals surface area contributed by atoms with E-state index in [9.17, 15) is 9.59 Å². The Morgan fingerprint density at radius 2 is 1.63 bits per heavy atom. The van der Waals surface area contributed by atoms with E-state index in [1.54, 1.807) is 6.20 Å². The van der Waals surface area contributed by atoms with Crippen molar-refractivity contribution in [3.05, 3.63) is 129 Å². The van der Waals surface area contributed by atoms with Gasteiger partial charge >= 0.3 is 0 Å². The summed E-state index contributed by atoms with van der Waals surface area (Å²) in [6.45, 7) is 0.876. The second-order valence-electron chi connectivity index (χ2n) is 9.91. The number of thioether (sulfide) groups is 1. The number of nitrogens with zero attached hydrogens (tertiary/aromatic N) is 3. The number of ether oxygens (including phenoxy) is 1. The molecule has 0 radical (unpaired) electrons. The van der Waals surface area contributed by atoms with E-state index in [1.807, 2.05) is 51.7 Å². The average Bonchev–Trinajstić information content (AvgIpc) is 3.39. The molecule has 1 saturated heterocycles. The number of fused-ring (bicyclic) bond motifs is 4. The molecular formula is C31H27N3O3S. The smallest absolute Gasteiger partial charge is 0.278 e. The molecule has 0 aliphatic carbocycles. The minimum atomic E-state index is -0.282. The first-order valence-electron chi connectivity index (χ1n) is 13.0. The summed E-state index contributed by atoms with van der Waals surface area (Å²) in [6, 6.07) is 28.3. The van der Waals surface area contributed by atoms with E-state index in [1.165, 1.54) is 27.7 Å². The molecule has 6 nitrogen and oxygen atoms in total. The van der Waals surface area contributed by atoms with Crippen molar-refractivity contribution in [2.75, 3.05) is 11.6 Å². The molecule has 3 aliphatic rings. The van der Waals surface area contributed by atoms with E-state index in [0.717, 1.165) is 24.2 Å². The highest BCUT2D eigenvalue weighted by molar-refractivity contribution is 7.98. The van der Waals surface area contributed by atoms with Crippen LogP contribution in [0.5, 0.6) is 5.75 Å². The molecule has 0 N–H and O–H groups in total. The molecule has 0 saturated carbocycles. The van der Waals surface area contributed by atoms with Gasteiger partial charge in [0.2, 0.25) is 5.43 Å². The fourth-order valence-electron chi connectivity index (χ4n) is 5.98. The third-order valence-electron chi connectivity index (χ3n) is 7.71. The SMILES string of the molecule is O=C1c2c(OCc3ccccc3)c(=O)ccn2N(C2c3ccccc3CSc3ccccc32)C2CCCN12. The standard InChI is InChI=1S/C31H27N3O3S/c35-25-16-18-33-29(30(25)37-19-21-9-2-1-3-10-21)31(36)32-17-8-15-27(32)34(33)28-23-12-5-4-11-22(23)20-38-26-14-7-6-13-24(26)28/h1-7,9-14,16,18,27-28H,8,15,17,19-20H2. The van der Waals surface area contributed by atoms with Crippen molar-refractivity contribution in [2.45, 2.75) is 42.3 Å². The summed E-state index contributed by atoms with van der Waals surface area (Å²) < 4.78 is 8.04. The van der Waals surface area contributed by atoms with Gasteiger partial charge in [-0.2, -0.15) is 0 Å². The highest BCUT2D eigenvalue weighted by Gasteiger charge is 2.46. The number of hydrogen-bond donors (Lipinski definition) is 0. The number of carbonyl (C=O) groups excluding carboxylic acids is 1. The lowest BCUT2D eigenvalue weighted by Crippen LogP contribution is -2.60.